The van der Waals surface area contributed by atoms with Crippen molar-refractivity contribution in [1.29, 1.82) is 0 Å². The maximum absolute atomic E-state index is 12.7. The van der Waals surface area contributed by atoms with E-state index in [1.807, 2.05) is 37.3 Å². The Morgan fingerprint density at radius 1 is 1.14 bits per heavy atom. The molecule has 202 valence electrons. The van der Waals surface area contributed by atoms with Gasteiger partial charge in [0, 0.05) is 31.9 Å². The van der Waals surface area contributed by atoms with Crippen molar-refractivity contribution in [3.05, 3.63) is 59.3 Å². The number of ether oxygens (including phenoxy) is 1. The van der Waals surface area contributed by atoms with Crippen LogP contribution in [0.4, 0.5) is 5.82 Å². The maximum atomic E-state index is 12.7. The van der Waals surface area contributed by atoms with Crippen molar-refractivity contribution in [2.45, 2.75) is 64.3 Å². The van der Waals surface area contributed by atoms with E-state index >= 15 is 0 Å². The zero-order valence-corrected chi connectivity index (χ0v) is 22.2. The number of pyridine rings is 1. The average Bonchev–Trinajstić information content (AvgIpc) is 2.92. The zero-order chi connectivity index (χ0) is 26.5. The second kappa shape index (κ2) is 15.3. The highest BCUT2D eigenvalue weighted by Crippen LogP contribution is 2.20. The number of aryl methyl sites for hydroxylation is 2. The van der Waals surface area contributed by atoms with Crippen LogP contribution in [0.2, 0.25) is 0 Å². The Hall–Kier alpha value is -2.97. The molecule has 37 heavy (non-hydrogen) atoms. The van der Waals surface area contributed by atoms with Gasteiger partial charge in [-0.3, -0.25) is 4.79 Å². The van der Waals surface area contributed by atoms with Crippen LogP contribution in [0, 0.1) is 0 Å². The number of anilines is 1. The monoisotopic (exact) mass is 510 g/mol. The number of aliphatic carboxylic acids is 1. The molecule has 8 heteroatoms. The lowest BCUT2D eigenvalue weighted by Gasteiger charge is -2.25. The highest BCUT2D eigenvalue weighted by molar-refractivity contribution is 5.87. The van der Waals surface area contributed by atoms with Gasteiger partial charge in [0.2, 0.25) is 5.91 Å². The van der Waals surface area contributed by atoms with Gasteiger partial charge in [0.05, 0.1) is 12.5 Å². The molecule has 8 nitrogen and oxygen atoms in total. The van der Waals surface area contributed by atoms with Gasteiger partial charge in [-0.25, -0.2) is 9.78 Å². The van der Waals surface area contributed by atoms with E-state index in [0.29, 0.717) is 26.2 Å². The van der Waals surface area contributed by atoms with Crippen LogP contribution in [-0.4, -0.2) is 72.3 Å². The Bertz CT molecular complexity index is 985. The van der Waals surface area contributed by atoms with E-state index < -0.39 is 17.9 Å². The summed E-state index contributed by atoms with van der Waals surface area (Å²) in [6.45, 7) is 8.15. The fourth-order valence-electron chi connectivity index (χ4n) is 4.58. The summed E-state index contributed by atoms with van der Waals surface area (Å²) in [6, 6.07) is 12.8. The maximum Gasteiger partial charge on any atom is 0.326 e. The molecule has 1 aliphatic rings. The van der Waals surface area contributed by atoms with Gasteiger partial charge >= 0.3 is 5.97 Å². The summed E-state index contributed by atoms with van der Waals surface area (Å²) in [5.74, 6) is -0.660. The average molecular weight is 511 g/mol. The minimum absolute atomic E-state index is 0.272. The number of aromatic nitrogens is 1. The Kier molecular flexibility index (Phi) is 11.8. The molecule has 2 aromatic rings. The van der Waals surface area contributed by atoms with Gasteiger partial charge < -0.3 is 25.4 Å². The molecule has 1 aliphatic heterocycles. The minimum Gasteiger partial charge on any atom is -0.480 e. The molecular formula is C29H42N4O4. The van der Waals surface area contributed by atoms with E-state index in [1.165, 1.54) is 5.56 Å². The van der Waals surface area contributed by atoms with Crippen molar-refractivity contribution in [3.8, 4) is 0 Å². The fraction of sp³-hybridized carbons (Fsp3) is 0.552. The van der Waals surface area contributed by atoms with Crippen LogP contribution in [0.15, 0.2) is 42.5 Å². The molecule has 3 rings (SSSR count). The van der Waals surface area contributed by atoms with Crippen LogP contribution >= 0.6 is 0 Å². The van der Waals surface area contributed by atoms with Gasteiger partial charge in [-0.15, -0.1) is 0 Å². The van der Waals surface area contributed by atoms with Crippen LogP contribution in [0.1, 0.15) is 62.3 Å². The van der Waals surface area contributed by atoms with E-state index in [-0.39, 0.29) is 5.91 Å². The quantitative estimate of drug-likeness (QED) is 0.295. The minimum atomic E-state index is -1.01. The lowest BCUT2D eigenvalue weighted by atomic mass is 10.00. The Labute approximate surface area is 220 Å². The molecule has 0 bridgehead atoms. The molecule has 0 spiro atoms. The van der Waals surface area contributed by atoms with Crippen molar-refractivity contribution < 1.29 is 19.4 Å². The summed E-state index contributed by atoms with van der Waals surface area (Å²) >= 11 is 0. The number of nitrogens with zero attached hydrogens (tertiary/aromatic N) is 2. The summed E-state index contributed by atoms with van der Waals surface area (Å²) in [6.07, 6.45) is 5.49. The molecule has 1 amide bonds. The molecule has 0 fully saturated rings. The largest absolute Gasteiger partial charge is 0.480 e. The summed E-state index contributed by atoms with van der Waals surface area (Å²) < 4.78 is 5.55. The van der Waals surface area contributed by atoms with Crippen LogP contribution in [0.25, 0.3) is 0 Å². The number of amides is 1. The Morgan fingerprint density at radius 3 is 2.70 bits per heavy atom. The second-order valence-electron chi connectivity index (χ2n) is 9.66. The highest BCUT2D eigenvalue weighted by atomic mass is 16.5. The molecule has 0 radical (unpaired) electrons. The molecule has 1 aromatic carbocycles. The zero-order valence-electron chi connectivity index (χ0n) is 22.2. The van der Waals surface area contributed by atoms with Crippen LogP contribution in [-0.2, 0) is 27.2 Å². The number of benzene rings is 1. The van der Waals surface area contributed by atoms with Crippen LogP contribution in [0.3, 0.4) is 0 Å². The van der Waals surface area contributed by atoms with Crippen LogP contribution < -0.4 is 10.6 Å². The SMILES string of the molecule is CCOCCN(CCCCc1ccc2c(n1)NCCC2)CC[C@H](NC(=O)[C@@H](C)c1ccccc1)C(=O)O. The van der Waals surface area contributed by atoms with Gasteiger partial charge in [-0.1, -0.05) is 36.4 Å². The van der Waals surface area contributed by atoms with E-state index in [4.69, 9.17) is 9.72 Å². The van der Waals surface area contributed by atoms with Crippen molar-refractivity contribution >= 4 is 17.7 Å². The van der Waals surface area contributed by atoms with E-state index in [2.05, 4.69) is 27.7 Å². The molecule has 0 aliphatic carbocycles. The smallest absolute Gasteiger partial charge is 0.326 e. The molecule has 2 heterocycles. The number of rotatable bonds is 16. The lowest BCUT2D eigenvalue weighted by Crippen LogP contribution is -2.45. The molecule has 2 atom stereocenters. The molecule has 0 unspecified atom stereocenters. The first-order valence-corrected chi connectivity index (χ1v) is 13.6. The topological polar surface area (TPSA) is 104 Å². The number of carbonyl (C=O) groups is 2. The third-order valence-electron chi connectivity index (χ3n) is 6.91. The second-order valence-corrected chi connectivity index (χ2v) is 9.66. The standard InChI is InChI=1S/C29H42N4O4/c1-3-37-21-20-33(18-8-7-13-25-15-14-24-12-9-17-30-27(24)31-25)19-16-26(29(35)36)32-28(34)22(2)23-10-5-4-6-11-23/h4-6,10-11,14-15,22,26H,3,7-9,12-13,16-21H2,1-2H3,(H,30,31)(H,32,34)(H,35,36)/t22-,26-/m0/s1. The van der Waals surface area contributed by atoms with Crippen molar-refractivity contribution in [1.82, 2.24) is 15.2 Å². The first-order chi connectivity index (χ1) is 18.0. The van der Waals surface area contributed by atoms with Crippen molar-refractivity contribution in [3.63, 3.8) is 0 Å². The van der Waals surface area contributed by atoms with E-state index in [1.54, 1.807) is 6.92 Å². The summed E-state index contributed by atoms with van der Waals surface area (Å²) in [7, 11) is 0. The summed E-state index contributed by atoms with van der Waals surface area (Å²) in [5, 5.41) is 15.9. The third kappa shape index (κ3) is 9.44. The number of carbonyl (C=O) groups excluding carboxylic acids is 1. The normalized spacial score (nSPS) is 14.5. The molecule has 0 saturated heterocycles. The molecular weight excluding hydrogens is 468 g/mol. The van der Waals surface area contributed by atoms with Gasteiger partial charge in [0.25, 0.3) is 0 Å². The van der Waals surface area contributed by atoms with E-state index in [0.717, 1.165) is 68.8 Å². The lowest BCUT2D eigenvalue weighted by molar-refractivity contribution is -0.142. The van der Waals surface area contributed by atoms with Gasteiger partial charge in [0.1, 0.15) is 11.9 Å². The number of carboxylic acids is 1. The fourth-order valence-corrected chi connectivity index (χ4v) is 4.58. The number of carboxylic acid groups (broad SMARTS) is 1. The highest BCUT2D eigenvalue weighted by Gasteiger charge is 2.24. The van der Waals surface area contributed by atoms with Crippen LogP contribution in [0.5, 0.6) is 0 Å². The summed E-state index contributed by atoms with van der Waals surface area (Å²) in [5.41, 5.74) is 3.28. The predicted octanol–water partition coefficient (Wildman–Crippen LogP) is 3.86. The molecule has 3 N–H and O–H groups in total. The third-order valence-corrected chi connectivity index (χ3v) is 6.91. The predicted molar refractivity (Wildman–Crippen MR) is 146 cm³/mol. The number of fused-ring (bicyclic) bond motifs is 1. The molecule has 1 aromatic heterocycles. The number of nitrogens with one attached hydrogen (secondary N) is 2. The number of hydrogen-bond donors (Lipinski definition) is 3. The number of unbranched alkanes of at least 4 members (excludes halogenated alkanes) is 1. The van der Waals surface area contributed by atoms with E-state index in [9.17, 15) is 14.7 Å². The Balaban J connectivity index is 1.48. The summed E-state index contributed by atoms with van der Waals surface area (Å²) in [4.78, 5) is 31.7. The van der Waals surface area contributed by atoms with Crippen molar-refractivity contribution in [2.24, 2.45) is 0 Å². The Morgan fingerprint density at radius 2 is 1.95 bits per heavy atom. The first-order valence-electron chi connectivity index (χ1n) is 13.6. The van der Waals surface area contributed by atoms with Gasteiger partial charge in [0.15, 0.2) is 0 Å². The van der Waals surface area contributed by atoms with Gasteiger partial charge in [-0.2, -0.15) is 0 Å². The first kappa shape index (κ1) is 28.6. The van der Waals surface area contributed by atoms with Gasteiger partial charge in [-0.05, 0) is 76.1 Å². The van der Waals surface area contributed by atoms with Crippen molar-refractivity contribution in [2.75, 3.05) is 44.7 Å². The number of hydrogen-bond acceptors (Lipinski definition) is 6. The molecule has 0 saturated carbocycles.